The fourth-order valence-electron chi connectivity index (χ4n) is 4.09. The number of carbonyl (C=O) groups is 2. The summed E-state index contributed by atoms with van der Waals surface area (Å²) < 4.78 is 11.1. The first kappa shape index (κ1) is 23.6. The van der Waals surface area contributed by atoms with E-state index in [9.17, 15) is 14.7 Å². The normalized spacial score (nSPS) is 16.7. The van der Waals surface area contributed by atoms with Gasteiger partial charge in [0.2, 0.25) is 0 Å². The van der Waals surface area contributed by atoms with E-state index in [4.69, 9.17) is 14.7 Å². The maximum Gasteiger partial charge on any atom is 0.300 e. The highest BCUT2D eigenvalue weighted by Gasteiger charge is 2.47. The summed E-state index contributed by atoms with van der Waals surface area (Å²) in [5, 5.41) is 20.5. The van der Waals surface area contributed by atoms with Crippen molar-refractivity contribution in [3.8, 4) is 17.6 Å². The summed E-state index contributed by atoms with van der Waals surface area (Å²) in [7, 11) is 1.47. The minimum atomic E-state index is -0.918. The van der Waals surface area contributed by atoms with Crippen LogP contribution in [0, 0.1) is 11.3 Å². The lowest BCUT2D eigenvalue weighted by molar-refractivity contribution is -0.132. The molecule has 1 atom stereocenters. The van der Waals surface area contributed by atoms with Crippen LogP contribution in [-0.2, 0) is 9.59 Å². The lowest BCUT2D eigenvalue weighted by Gasteiger charge is -2.26. The van der Waals surface area contributed by atoms with E-state index in [0.717, 1.165) is 6.42 Å². The molecule has 7 nitrogen and oxygen atoms in total. The number of nitriles is 1. The lowest BCUT2D eigenvalue weighted by atomic mass is 9.94. The standard InChI is InChI=1S/C28H24N2O5/c1-3-15-35-21-8-6-7-19(16-21)25-24(26(31)22-9-4-5-10-23(22)34-2)27(32)28(33)30(25)20-13-11-18(17-29)12-14-20/h4-14,16,25,31H,3,15H2,1-2H3/b26-24-. The summed E-state index contributed by atoms with van der Waals surface area (Å²) in [4.78, 5) is 28.0. The third-order valence-corrected chi connectivity index (χ3v) is 5.73. The van der Waals surface area contributed by atoms with Crippen LogP contribution in [0.25, 0.3) is 5.76 Å². The first-order chi connectivity index (χ1) is 17.0. The topological polar surface area (TPSA) is 99.9 Å². The highest BCUT2D eigenvalue weighted by molar-refractivity contribution is 6.51. The quantitative estimate of drug-likeness (QED) is 0.298. The van der Waals surface area contributed by atoms with Crippen LogP contribution < -0.4 is 14.4 Å². The Morgan fingerprint density at radius 2 is 1.80 bits per heavy atom. The minimum Gasteiger partial charge on any atom is -0.507 e. The number of amides is 1. The van der Waals surface area contributed by atoms with Gasteiger partial charge in [-0.05, 0) is 60.5 Å². The van der Waals surface area contributed by atoms with Crippen LogP contribution in [-0.4, -0.2) is 30.5 Å². The van der Waals surface area contributed by atoms with Crippen LogP contribution in [0.2, 0.25) is 0 Å². The van der Waals surface area contributed by atoms with E-state index in [1.807, 2.05) is 13.0 Å². The molecule has 0 bridgehead atoms. The molecule has 0 aliphatic carbocycles. The second-order valence-electron chi connectivity index (χ2n) is 7.95. The van der Waals surface area contributed by atoms with Gasteiger partial charge < -0.3 is 14.6 Å². The Balaban J connectivity index is 1.93. The largest absolute Gasteiger partial charge is 0.507 e. The highest BCUT2D eigenvalue weighted by Crippen LogP contribution is 2.43. The second-order valence-corrected chi connectivity index (χ2v) is 7.95. The lowest BCUT2D eigenvalue weighted by Crippen LogP contribution is -2.29. The molecule has 176 valence electrons. The molecule has 7 heteroatoms. The predicted octanol–water partition coefficient (Wildman–Crippen LogP) is 4.98. The number of rotatable bonds is 7. The molecule has 1 aliphatic heterocycles. The molecule has 0 radical (unpaired) electrons. The van der Waals surface area contributed by atoms with Crippen LogP contribution in [0.4, 0.5) is 5.69 Å². The zero-order chi connectivity index (χ0) is 24.9. The van der Waals surface area contributed by atoms with Gasteiger partial charge in [0, 0.05) is 5.69 Å². The number of Topliss-reactive ketones (excluding diaryl/α,β-unsaturated/α-hetero) is 1. The van der Waals surface area contributed by atoms with Crippen molar-refractivity contribution in [1.29, 1.82) is 5.26 Å². The van der Waals surface area contributed by atoms with Gasteiger partial charge in [0.05, 0.1) is 42.5 Å². The summed E-state index contributed by atoms with van der Waals surface area (Å²) in [6.07, 6.45) is 0.821. The van der Waals surface area contributed by atoms with Gasteiger partial charge in [-0.1, -0.05) is 31.2 Å². The number of anilines is 1. The number of ketones is 1. The second kappa shape index (κ2) is 10.1. The molecule has 1 N–H and O–H groups in total. The van der Waals surface area contributed by atoms with Gasteiger partial charge in [0.25, 0.3) is 11.7 Å². The number of para-hydroxylation sites is 1. The molecule has 3 aromatic rings. The molecule has 1 unspecified atom stereocenters. The van der Waals surface area contributed by atoms with Gasteiger partial charge in [-0.3, -0.25) is 14.5 Å². The molecular weight excluding hydrogens is 444 g/mol. The van der Waals surface area contributed by atoms with Crippen molar-refractivity contribution >= 4 is 23.1 Å². The summed E-state index contributed by atoms with van der Waals surface area (Å²) in [6.45, 7) is 2.51. The third kappa shape index (κ3) is 4.46. The van der Waals surface area contributed by atoms with Gasteiger partial charge in [-0.25, -0.2) is 0 Å². The van der Waals surface area contributed by atoms with Gasteiger partial charge >= 0.3 is 0 Å². The molecule has 4 rings (SSSR count). The molecule has 1 amide bonds. The molecule has 0 aromatic heterocycles. The van der Waals surface area contributed by atoms with Crippen molar-refractivity contribution in [2.24, 2.45) is 0 Å². The Bertz CT molecular complexity index is 1340. The number of carbonyl (C=O) groups excluding carboxylic acids is 2. The van der Waals surface area contributed by atoms with E-state index < -0.39 is 17.7 Å². The Morgan fingerprint density at radius 1 is 1.06 bits per heavy atom. The number of aliphatic hydroxyl groups is 1. The van der Waals surface area contributed by atoms with Crippen molar-refractivity contribution < 1.29 is 24.2 Å². The first-order valence-electron chi connectivity index (χ1n) is 11.2. The van der Waals surface area contributed by atoms with Gasteiger partial charge in [-0.15, -0.1) is 0 Å². The van der Waals surface area contributed by atoms with E-state index in [1.54, 1.807) is 72.8 Å². The van der Waals surface area contributed by atoms with E-state index >= 15 is 0 Å². The summed E-state index contributed by atoms with van der Waals surface area (Å²) in [5.41, 5.74) is 1.69. The Labute approximate surface area is 203 Å². The summed E-state index contributed by atoms with van der Waals surface area (Å²) in [6, 6.07) is 21.4. The van der Waals surface area contributed by atoms with Gasteiger partial charge in [-0.2, -0.15) is 5.26 Å². The van der Waals surface area contributed by atoms with Crippen LogP contribution >= 0.6 is 0 Å². The molecule has 1 fully saturated rings. The fraction of sp³-hybridized carbons (Fsp3) is 0.179. The number of nitrogens with zero attached hydrogens (tertiary/aromatic N) is 2. The zero-order valence-electron chi connectivity index (χ0n) is 19.4. The molecule has 3 aromatic carbocycles. The monoisotopic (exact) mass is 468 g/mol. The van der Waals surface area contributed by atoms with Crippen LogP contribution in [0.3, 0.4) is 0 Å². The smallest absolute Gasteiger partial charge is 0.300 e. The number of aliphatic hydroxyl groups excluding tert-OH is 1. The van der Waals surface area contributed by atoms with Crippen molar-refractivity contribution in [2.45, 2.75) is 19.4 Å². The number of hydrogen-bond acceptors (Lipinski definition) is 6. The molecule has 1 heterocycles. The molecule has 0 spiro atoms. The maximum atomic E-state index is 13.3. The minimum absolute atomic E-state index is 0.0588. The van der Waals surface area contributed by atoms with E-state index in [0.29, 0.717) is 40.5 Å². The van der Waals surface area contributed by atoms with Crippen LogP contribution in [0.1, 0.15) is 36.1 Å². The molecule has 1 aliphatic rings. The summed E-state index contributed by atoms with van der Waals surface area (Å²) in [5.74, 6) is -0.971. The van der Waals surface area contributed by atoms with Crippen molar-refractivity contribution in [3.63, 3.8) is 0 Å². The zero-order valence-corrected chi connectivity index (χ0v) is 19.4. The van der Waals surface area contributed by atoms with Crippen LogP contribution in [0.15, 0.2) is 78.4 Å². The Morgan fingerprint density at radius 3 is 2.49 bits per heavy atom. The van der Waals surface area contributed by atoms with Crippen molar-refractivity contribution in [1.82, 2.24) is 0 Å². The number of hydrogen-bond donors (Lipinski definition) is 1. The van der Waals surface area contributed by atoms with Gasteiger partial charge in [0.1, 0.15) is 17.3 Å². The van der Waals surface area contributed by atoms with Crippen molar-refractivity contribution in [3.05, 3.63) is 95.1 Å². The molecule has 0 saturated carbocycles. The average Bonchev–Trinajstić information content (AvgIpc) is 3.17. The van der Waals surface area contributed by atoms with E-state index in [-0.39, 0.29) is 11.3 Å². The molecular formula is C28H24N2O5. The average molecular weight is 469 g/mol. The van der Waals surface area contributed by atoms with Crippen molar-refractivity contribution in [2.75, 3.05) is 18.6 Å². The maximum absolute atomic E-state index is 13.3. The Kier molecular flexibility index (Phi) is 6.83. The molecule has 1 saturated heterocycles. The molecule has 35 heavy (non-hydrogen) atoms. The van der Waals surface area contributed by atoms with E-state index in [1.165, 1.54) is 12.0 Å². The fourth-order valence-corrected chi connectivity index (χ4v) is 4.09. The summed E-state index contributed by atoms with van der Waals surface area (Å²) >= 11 is 0. The highest BCUT2D eigenvalue weighted by atomic mass is 16.5. The third-order valence-electron chi connectivity index (χ3n) is 5.73. The van der Waals surface area contributed by atoms with E-state index in [2.05, 4.69) is 0 Å². The number of ether oxygens (including phenoxy) is 2. The number of benzene rings is 3. The predicted molar refractivity (Wildman–Crippen MR) is 131 cm³/mol. The SMILES string of the molecule is CCCOc1cccc(C2/C(=C(/O)c3ccccc3OC)C(=O)C(=O)N2c2ccc(C#N)cc2)c1. The first-order valence-corrected chi connectivity index (χ1v) is 11.2. The number of methoxy groups -OCH3 is 1. The Hall–Kier alpha value is -4.57. The van der Waals surface area contributed by atoms with Crippen LogP contribution in [0.5, 0.6) is 11.5 Å². The van der Waals surface area contributed by atoms with Gasteiger partial charge in [0.15, 0.2) is 0 Å².